The van der Waals surface area contributed by atoms with Gasteiger partial charge in [0.05, 0.1) is 12.4 Å². The molecule has 4 heterocycles. The summed E-state index contributed by atoms with van der Waals surface area (Å²) >= 11 is 0. The Morgan fingerprint density at radius 1 is 1.15 bits per heavy atom. The fourth-order valence-electron chi connectivity index (χ4n) is 2.69. The van der Waals surface area contributed by atoms with E-state index in [-0.39, 0.29) is 0 Å². The van der Waals surface area contributed by atoms with Crippen molar-refractivity contribution in [3.8, 4) is 5.69 Å². The van der Waals surface area contributed by atoms with E-state index >= 15 is 0 Å². The summed E-state index contributed by atoms with van der Waals surface area (Å²) in [6, 6.07) is 1.86. The maximum atomic E-state index is 5.41. The van der Waals surface area contributed by atoms with Crippen molar-refractivity contribution in [2.45, 2.75) is 18.8 Å². The summed E-state index contributed by atoms with van der Waals surface area (Å²) < 4.78 is 9.02. The summed E-state index contributed by atoms with van der Waals surface area (Å²) in [6.07, 6.45) is 11.6. The second-order valence-electron chi connectivity index (χ2n) is 5.02. The van der Waals surface area contributed by atoms with Crippen LogP contribution in [-0.4, -0.2) is 37.6 Å². The summed E-state index contributed by atoms with van der Waals surface area (Å²) in [5, 5.41) is 8.76. The van der Waals surface area contributed by atoms with Gasteiger partial charge in [-0.25, -0.2) is 14.2 Å². The molecule has 1 saturated heterocycles. The van der Waals surface area contributed by atoms with Gasteiger partial charge in [0.1, 0.15) is 5.69 Å². The van der Waals surface area contributed by atoms with Crippen molar-refractivity contribution in [1.29, 1.82) is 0 Å². The van der Waals surface area contributed by atoms with Gasteiger partial charge < -0.3 is 4.74 Å². The molecule has 0 spiro atoms. The van der Waals surface area contributed by atoms with E-state index in [9.17, 15) is 0 Å². The molecule has 3 aromatic rings. The van der Waals surface area contributed by atoms with Gasteiger partial charge in [0.25, 0.3) is 0 Å². The lowest BCUT2D eigenvalue weighted by atomic mass is 9.94. The molecule has 1 aliphatic heterocycles. The molecule has 0 atom stereocenters. The van der Waals surface area contributed by atoms with Crippen LogP contribution in [0.5, 0.6) is 0 Å². The minimum absolute atomic E-state index is 0.548. The van der Waals surface area contributed by atoms with Crippen molar-refractivity contribution < 1.29 is 4.74 Å². The van der Waals surface area contributed by atoms with Gasteiger partial charge in [0.2, 0.25) is 0 Å². The lowest BCUT2D eigenvalue weighted by Gasteiger charge is -2.20. The largest absolute Gasteiger partial charge is 0.381 e. The minimum atomic E-state index is 0.548. The smallest absolute Gasteiger partial charge is 0.181 e. The monoisotopic (exact) mass is 269 g/mol. The average molecular weight is 269 g/mol. The summed E-state index contributed by atoms with van der Waals surface area (Å²) in [5.74, 6) is 0.548. The van der Waals surface area contributed by atoms with Crippen LogP contribution in [-0.2, 0) is 4.74 Å². The molecule has 0 bridgehead atoms. The first-order valence-corrected chi connectivity index (χ1v) is 6.83. The van der Waals surface area contributed by atoms with E-state index in [0.29, 0.717) is 5.92 Å². The first kappa shape index (κ1) is 11.6. The third-order valence-corrected chi connectivity index (χ3v) is 3.80. The zero-order chi connectivity index (χ0) is 13.4. The van der Waals surface area contributed by atoms with Crippen molar-refractivity contribution in [2.24, 2.45) is 0 Å². The molecule has 102 valence electrons. The second kappa shape index (κ2) is 4.72. The topological polar surface area (TPSA) is 57.2 Å². The van der Waals surface area contributed by atoms with Crippen molar-refractivity contribution in [2.75, 3.05) is 13.2 Å². The van der Waals surface area contributed by atoms with Crippen LogP contribution < -0.4 is 0 Å². The van der Waals surface area contributed by atoms with Gasteiger partial charge in [-0.2, -0.15) is 10.2 Å². The Hall–Kier alpha value is -2.21. The molecular weight excluding hydrogens is 254 g/mol. The molecular formula is C14H15N5O. The van der Waals surface area contributed by atoms with E-state index in [1.807, 2.05) is 23.1 Å². The Labute approximate surface area is 116 Å². The number of hydrogen-bond acceptors (Lipinski definition) is 4. The van der Waals surface area contributed by atoms with Crippen LogP contribution in [0.15, 0.2) is 37.1 Å². The van der Waals surface area contributed by atoms with Gasteiger partial charge in [-0.3, -0.25) is 0 Å². The number of aromatic nitrogens is 5. The first-order valence-electron chi connectivity index (χ1n) is 6.83. The van der Waals surface area contributed by atoms with E-state index in [4.69, 9.17) is 4.74 Å². The van der Waals surface area contributed by atoms with Gasteiger partial charge in [0, 0.05) is 31.8 Å². The van der Waals surface area contributed by atoms with Crippen molar-refractivity contribution in [3.05, 3.63) is 42.6 Å². The first-order chi connectivity index (χ1) is 9.92. The Morgan fingerprint density at radius 2 is 2.05 bits per heavy atom. The maximum Gasteiger partial charge on any atom is 0.181 e. The molecule has 0 N–H and O–H groups in total. The lowest BCUT2D eigenvalue weighted by Crippen LogP contribution is -2.13. The molecule has 0 aromatic carbocycles. The highest BCUT2D eigenvalue weighted by Gasteiger charge is 2.18. The number of fused-ring (bicyclic) bond motifs is 1. The SMILES string of the molecule is c1cnc2c(-n3cc(C4CCOCC4)cn3)cnn2c1. The highest BCUT2D eigenvalue weighted by Crippen LogP contribution is 2.27. The third-order valence-electron chi connectivity index (χ3n) is 3.80. The predicted octanol–water partition coefficient (Wildman–Crippen LogP) is 1.81. The van der Waals surface area contributed by atoms with Gasteiger partial charge in [-0.05, 0) is 30.4 Å². The normalized spacial score (nSPS) is 16.8. The fourth-order valence-corrected chi connectivity index (χ4v) is 2.69. The summed E-state index contributed by atoms with van der Waals surface area (Å²) in [7, 11) is 0. The van der Waals surface area contributed by atoms with Gasteiger partial charge in [-0.15, -0.1) is 0 Å². The number of rotatable bonds is 2. The highest BCUT2D eigenvalue weighted by atomic mass is 16.5. The van der Waals surface area contributed by atoms with Crippen molar-refractivity contribution in [3.63, 3.8) is 0 Å². The number of ether oxygens (including phenoxy) is 1. The molecule has 6 heteroatoms. The van der Waals surface area contributed by atoms with Gasteiger partial charge >= 0.3 is 0 Å². The van der Waals surface area contributed by atoms with Crippen LogP contribution >= 0.6 is 0 Å². The molecule has 1 fully saturated rings. The summed E-state index contributed by atoms with van der Waals surface area (Å²) in [5.41, 5.74) is 2.99. The van der Waals surface area contributed by atoms with Crippen LogP contribution in [0, 0.1) is 0 Å². The Kier molecular flexibility index (Phi) is 2.74. The van der Waals surface area contributed by atoms with Crippen LogP contribution in [0.25, 0.3) is 11.3 Å². The molecule has 3 aromatic heterocycles. The average Bonchev–Trinajstić information content (AvgIpc) is 3.14. The van der Waals surface area contributed by atoms with E-state index in [2.05, 4.69) is 21.4 Å². The number of nitrogens with zero attached hydrogens (tertiary/aromatic N) is 5. The Bertz CT molecular complexity index is 726. The molecule has 4 rings (SSSR count). The summed E-state index contributed by atoms with van der Waals surface area (Å²) in [4.78, 5) is 4.36. The molecule has 0 saturated carbocycles. The van der Waals surface area contributed by atoms with Crippen LogP contribution in [0.4, 0.5) is 0 Å². The Balaban J connectivity index is 1.70. The minimum Gasteiger partial charge on any atom is -0.381 e. The second-order valence-corrected chi connectivity index (χ2v) is 5.02. The van der Waals surface area contributed by atoms with Crippen LogP contribution in [0.2, 0.25) is 0 Å². The quantitative estimate of drug-likeness (QED) is 0.712. The zero-order valence-corrected chi connectivity index (χ0v) is 11.0. The Morgan fingerprint density at radius 3 is 2.95 bits per heavy atom. The molecule has 1 aliphatic rings. The van der Waals surface area contributed by atoms with Crippen LogP contribution in [0.3, 0.4) is 0 Å². The maximum absolute atomic E-state index is 5.41. The summed E-state index contributed by atoms with van der Waals surface area (Å²) in [6.45, 7) is 1.68. The zero-order valence-electron chi connectivity index (χ0n) is 11.0. The molecule has 0 radical (unpaired) electrons. The molecule has 20 heavy (non-hydrogen) atoms. The van der Waals surface area contributed by atoms with E-state index in [0.717, 1.165) is 37.4 Å². The van der Waals surface area contributed by atoms with Gasteiger partial charge in [-0.1, -0.05) is 0 Å². The van der Waals surface area contributed by atoms with E-state index < -0.39 is 0 Å². The fraction of sp³-hybridized carbons (Fsp3) is 0.357. The highest BCUT2D eigenvalue weighted by molar-refractivity contribution is 5.57. The molecule has 0 aliphatic carbocycles. The predicted molar refractivity (Wildman–Crippen MR) is 72.9 cm³/mol. The molecule has 0 amide bonds. The molecule has 0 unspecified atom stereocenters. The van der Waals surface area contributed by atoms with Crippen molar-refractivity contribution >= 4 is 5.65 Å². The van der Waals surface area contributed by atoms with Crippen molar-refractivity contribution in [1.82, 2.24) is 24.4 Å². The van der Waals surface area contributed by atoms with Crippen LogP contribution in [0.1, 0.15) is 24.3 Å². The van der Waals surface area contributed by atoms with E-state index in [1.54, 1.807) is 16.9 Å². The van der Waals surface area contributed by atoms with E-state index in [1.165, 1.54) is 5.56 Å². The lowest BCUT2D eigenvalue weighted by molar-refractivity contribution is 0.0853. The standard InChI is InChI=1S/C14H15N5O/c1-4-15-14-13(9-17-18(14)5-1)19-10-12(8-16-19)11-2-6-20-7-3-11/h1,4-5,8-11H,2-3,6-7H2. The van der Waals surface area contributed by atoms with Gasteiger partial charge in [0.15, 0.2) is 5.65 Å². The third kappa shape index (κ3) is 1.89. The molecule has 6 nitrogen and oxygen atoms in total. The number of hydrogen-bond donors (Lipinski definition) is 0.